The number of fused-ring (bicyclic) bond motifs is 1. The molecule has 1 amide bonds. The minimum absolute atomic E-state index is 0.166. The van der Waals surface area contributed by atoms with Gasteiger partial charge < -0.3 is 9.15 Å². The van der Waals surface area contributed by atoms with Crippen molar-refractivity contribution in [3.8, 4) is 5.75 Å². The molecule has 29 heavy (non-hydrogen) atoms. The SMILES string of the molecule is COc1ccc(C)c2sc(N(Cc3ccccn3)C(=O)c3cc(C)oc3C)nc12. The number of hydrogen-bond donors (Lipinski definition) is 0. The average molecular weight is 407 g/mol. The molecule has 0 saturated carbocycles. The molecular formula is C22H21N3O3S. The molecule has 7 heteroatoms. The number of benzene rings is 1. The third-order valence-corrected chi connectivity index (χ3v) is 5.92. The minimum atomic E-state index is -0.166. The predicted octanol–water partition coefficient (Wildman–Crippen LogP) is 5.07. The highest BCUT2D eigenvalue weighted by atomic mass is 32.1. The Morgan fingerprint density at radius 1 is 1.21 bits per heavy atom. The molecule has 0 aliphatic rings. The van der Waals surface area contributed by atoms with Crippen molar-refractivity contribution in [2.24, 2.45) is 0 Å². The quantitative estimate of drug-likeness (QED) is 0.462. The van der Waals surface area contributed by atoms with Gasteiger partial charge in [-0.15, -0.1) is 0 Å². The largest absolute Gasteiger partial charge is 0.494 e. The van der Waals surface area contributed by atoms with E-state index in [-0.39, 0.29) is 5.91 Å². The molecule has 148 valence electrons. The molecular weight excluding hydrogens is 386 g/mol. The number of thiazole rings is 1. The second-order valence-electron chi connectivity index (χ2n) is 6.80. The molecule has 3 heterocycles. The molecule has 0 bridgehead atoms. The standard InChI is InChI=1S/C22H21N3O3S/c1-13-8-9-18(27-4)19-20(13)29-22(24-19)25(12-16-7-5-6-10-23-16)21(26)17-11-14(2)28-15(17)3/h5-11H,12H2,1-4H3. The summed E-state index contributed by atoms with van der Waals surface area (Å²) in [5.41, 5.74) is 3.15. The number of ether oxygens (including phenoxy) is 1. The van der Waals surface area contributed by atoms with Gasteiger partial charge in [-0.05, 0) is 50.6 Å². The van der Waals surface area contributed by atoms with E-state index in [9.17, 15) is 4.79 Å². The summed E-state index contributed by atoms with van der Waals surface area (Å²) in [4.78, 5) is 24.3. The second-order valence-corrected chi connectivity index (χ2v) is 7.78. The number of methoxy groups -OCH3 is 1. The van der Waals surface area contributed by atoms with E-state index in [1.165, 1.54) is 11.3 Å². The van der Waals surface area contributed by atoms with Crippen LogP contribution in [-0.4, -0.2) is 23.0 Å². The topological polar surface area (TPSA) is 68.5 Å². The van der Waals surface area contributed by atoms with Crippen molar-refractivity contribution in [1.29, 1.82) is 0 Å². The maximum atomic E-state index is 13.5. The molecule has 0 atom stereocenters. The molecule has 0 N–H and O–H groups in total. The summed E-state index contributed by atoms with van der Waals surface area (Å²) in [6, 6.07) is 11.3. The van der Waals surface area contributed by atoms with Crippen molar-refractivity contribution >= 4 is 32.6 Å². The molecule has 6 nitrogen and oxygen atoms in total. The van der Waals surface area contributed by atoms with Gasteiger partial charge in [0.05, 0.1) is 29.6 Å². The van der Waals surface area contributed by atoms with E-state index in [0.29, 0.717) is 34.5 Å². The Hall–Kier alpha value is -3.19. The summed E-state index contributed by atoms with van der Waals surface area (Å²) >= 11 is 1.47. The fourth-order valence-electron chi connectivity index (χ4n) is 3.25. The van der Waals surface area contributed by atoms with Crippen LogP contribution in [0.3, 0.4) is 0 Å². The summed E-state index contributed by atoms with van der Waals surface area (Å²) in [5.74, 6) is 1.81. The van der Waals surface area contributed by atoms with Crippen molar-refractivity contribution in [2.45, 2.75) is 27.3 Å². The van der Waals surface area contributed by atoms with E-state index in [1.807, 2.05) is 44.2 Å². The number of aryl methyl sites for hydroxylation is 3. The van der Waals surface area contributed by atoms with Crippen LogP contribution in [0.25, 0.3) is 10.2 Å². The van der Waals surface area contributed by atoms with Gasteiger partial charge in [0.2, 0.25) is 0 Å². The number of nitrogens with zero attached hydrogens (tertiary/aromatic N) is 3. The van der Waals surface area contributed by atoms with Gasteiger partial charge in [-0.2, -0.15) is 0 Å². The van der Waals surface area contributed by atoms with Crippen molar-refractivity contribution in [3.63, 3.8) is 0 Å². The van der Waals surface area contributed by atoms with E-state index in [1.54, 1.807) is 31.2 Å². The fourth-order valence-corrected chi connectivity index (χ4v) is 4.30. The summed E-state index contributed by atoms with van der Waals surface area (Å²) in [6.07, 6.45) is 1.72. The maximum absolute atomic E-state index is 13.5. The van der Waals surface area contributed by atoms with Crippen molar-refractivity contribution in [2.75, 3.05) is 12.0 Å². The molecule has 0 aliphatic carbocycles. The van der Waals surface area contributed by atoms with Crippen LogP contribution in [0.1, 0.15) is 33.1 Å². The van der Waals surface area contributed by atoms with E-state index >= 15 is 0 Å². The summed E-state index contributed by atoms with van der Waals surface area (Å²) in [7, 11) is 1.62. The third-order valence-electron chi connectivity index (χ3n) is 4.71. The van der Waals surface area contributed by atoms with Gasteiger partial charge in [0, 0.05) is 6.20 Å². The average Bonchev–Trinajstić information content (AvgIpc) is 3.30. The third kappa shape index (κ3) is 3.61. The lowest BCUT2D eigenvalue weighted by Gasteiger charge is -2.19. The summed E-state index contributed by atoms with van der Waals surface area (Å²) in [6.45, 7) is 5.96. The number of pyridine rings is 1. The number of anilines is 1. The number of carbonyl (C=O) groups excluding carboxylic acids is 1. The first kappa shape index (κ1) is 19.1. The smallest absolute Gasteiger partial charge is 0.263 e. The molecule has 4 aromatic rings. The monoisotopic (exact) mass is 407 g/mol. The van der Waals surface area contributed by atoms with Crippen LogP contribution in [0.4, 0.5) is 5.13 Å². The van der Waals surface area contributed by atoms with Crippen molar-refractivity contribution in [3.05, 3.63) is 70.9 Å². The van der Waals surface area contributed by atoms with Crippen LogP contribution < -0.4 is 9.64 Å². The number of amides is 1. The van der Waals surface area contributed by atoms with Crippen molar-refractivity contribution in [1.82, 2.24) is 9.97 Å². The summed E-state index contributed by atoms with van der Waals surface area (Å²) in [5, 5.41) is 0.599. The van der Waals surface area contributed by atoms with E-state index in [0.717, 1.165) is 21.5 Å². The summed E-state index contributed by atoms with van der Waals surface area (Å²) < 4.78 is 12.1. The van der Waals surface area contributed by atoms with Crippen LogP contribution in [-0.2, 0) is 6.54 Å². The van der Waals surface area contributed by atoms with Crippen molar-refractivity contribution < 1.29 is 13.9 Å². The number of rotatable bonds is 5. The first-order valence-corrected chi connectivity index (χ1v) is 10.0. The zero-order chi connectivity index (χ0) is 20.5. The number of furan rings is 1. The molecule has 0 spiro atoms. The molecule has 0 radical (unpaired) electrons. The van der Waals surface area contributed by atoms with Gasteiger partial charge in [-0.3, -0.25) is 14.7 Å². The number of hydrogen-bond acceptors (Lipinski definition) is 6. The Labute approximate surface area is 172 Å². The Morgan fingerprint density at radius 3 is 2.69 bits per heavy atom. The lowest BCUT2D eigenvalue weighted by Crippen LogP contribution is -2.30. The molecule has 1 aromatic carbocycles. The molecule has 3 aromatic heterocycles. The van der Waals surface area contributed by atoms with Crippen LogP contribution >= 0.6 is 11.3 Å². The molecule has 0 fully saturated rings. The Morgan fingerprint density at radius 2 is 2.03 bits per heavy atom. The molecule has 4 rings (SSSR count). The zero-order valence-electron chi connectivity index (χ0n) is 16.7. The van der Waals surface area contributed by atoms with E-state index < -0.39 is 0 Å². The predicted molar refractivity (Wildman–Crippen MR) is 114 cm³/mol. The Balaban J connectivity index is 1.84. The van der Waals surface area contributed by atoms with Gasteiger partial charge in [0.1, 0.15) is 22.8 Å². The lowest BCUT2D eigenvalue weighted by atomic mass is 10.2. The normalized spacial score (nSPS) is 11.0. The minimum Gasteiger partial charge on any atom is -0.494 e. The highest BCUT2D eigenvalue weighted by molar-refractivity contribution is 7.22. The Kier molecular flexibility index (Phi) is 5.07. The van der Waals surface area contributed by atoms with E-state index in [4.69, 9.17) is 14.1 Å². The highest BCUT2D eigenvalue weighted by Crippen LogP contribution is 2.37. The second kappa shape index (κ2) is 7.67. The van der Waals surface area contributed by atoms with Gasteiger partial charge in [0.15, 0.2) is 5.13 Å². The Bertz CT molecular complexity index is 1180. The first-order chi connectivity index (χ1) is 14.0. The van der Waals surface area contributed by atoms with Crippen LogP contribution in [0.5, 0.6) is 5.75 Å². The van der Waals surface area contributed by atoms with Crippen LogP contribution in [0.15, 0.2) is 47.0 Å². The van der Waals surface area contributed by atoms with Crippen LogP contribution in [0.2, 0.25) is 0 Å². The molecule has 0 aliphatic heterocycles. The zero-order valence-corrected chi connectivity index (χ0v) is 17.5. The fraction of sp³-hybridized carbons (Fsp3) is 0.227. The van der Waals surface area contributed by atoms with Crippen LogP contribution in [0, 0.1) is 20.8 Å². The van der Waals surface area contributed by atoms with Gasteiger partial charge in [-0.1, -0.05) is 23.5 Å². The lowest BCUT2D eigenvalue weighted by molar-refractivity contribution is 0.0983. The highest BCUT2D eigenvalue weighted by Gasteiger charge is 2.26. The maximum Gasteiger partial charge on any atom is 0.263 e. The molecule has 0 saturated heterocycles. The first-order valence-electron chi connectivity index (χ1n) is 9.21. The number of carbonyl (C=O) groups is 1. The molecule has 0 unspecified atom stereocenters. The van der Waals surface area contributed by atoms with Gasteiger partial charge >= 0.3 is 0 Å². The van der Waals surface area contributed by atoms with E-state index in [2.05, 4.69) is 4.98 Å². The van der Waals surface area contributed by atoms with Gasteiger partial charge in [0.25, 0.3) is 5.91 Å². The van der Waals surface area contributed by atoms with Gasteiger partial charge in [-0.25, -0.2) is 4.98 Å². The number of aromatic nitrogens is 2.